The molecule has 1 aliphatic heterocycles. The fourth-order valence-corrected chi connectivity index (χ4v) is 2.91. The predicted molar refractivity (Wildman–Crippen MR) is 94.3 cm³/mol. The van der Waals surface area contributed by atoms with Crippen LogP contribution in [0.5, 0.6) is 0 Å². The van der Waals surface area contributed by atoms with Crippen LogP contribution in [-0.4, -0.2) is 35.1 Å². The van der Waals surface area contributed by atoms with Crippen LogP contribution >= 0.6 is 12.4 Å². The summed E-state index contributed by atoms with van der Waals surface area (Å²) in [5.41, 5.74) is 3.60. The molecule has 2 aromatic rings. The third kappa shape index (κ3) is 4.07. The molecule has 4 heteroatoms. The van der Waals surface area contributed by atoms with E-state index >= 15 is 0 Å². The van der Waals surface area contributed by atoms with Crippen molar-refractivity contribution in [3.63, 3.8) is 0 Å². The van der Waals surface area contributed by atoms with Gasteiger partial charge in [-0.1, -0.05) is 24.3 Å². The maximum atomic E-state index is 4.44. The van der Waals surface area contributed by atoms with Gasteiger partial charge in [-0.2, -0.15) is 0 Å². The molecule has 1 saturated heterocycles. The Morgan fingerprint density at radius 2 is 2.05 bits per heavy atom. The standard InChI is InChI=1S/C18H23N3.ClH/c1-14-12-21(15(2)11-20-14)13-16-6-5-7-17(10-16)18-8-3-4-9-19-18;/h3-10,14-15,20H,11-13H2,1-2H3;1H. The van der Waals surface area contributed by atoms with Gasteiger partial charge in [0.2, 0.25) is 0 Å². The van der Waals surface area contributed by atoms with E-state index in [4.69, 9.17) is 0 Å². The average molecular weight is 318 g/mol. The van der Waals surface area contributed by atoms with Crippen LogP contribution in [0.1, 0.15) is 19.4 Å². The Morgan fingerprint density at radius 1 is 1.18 bits per heavy atom. The zero-order valence-corrected chi connectivity index (χ0v) is 14.0. The highest BCUT2D eigenvalue weighted by Gasteiger charge is 2.22. The number of nitrogens with one attached hydrogen (secondary N) is 1. The molecule has 1 aliphatic rings. The van der Waals surface area contributed by atoms with Gasteiger partial charge in [0.15, 0.2) is 0 Å². The minimum absolute atomic E-state index is 0. The molecule has 2 unspecified atom stereocenters. The summed E-state index contributed by atoms with van der Waals surface area (Å²) in [4.78, 5) is 6.99. The first kappa shape index (κ1) is 16.9. The molecule has 22 heavy (non-hydrogen) atoms. The summed E-state index contributed by atoms with van der Waals surface area (Å²) >= 11 is 0. The SMILES string of the molecule is CC1CN(Cc2cccc(-c3ccccn3)c2)C(C)CN1.Cl. The molecule has 3 nitrogen and oxygen atoms in total. The molecule has 0 radical (unpaired) electrons. The summed E-state index contributed by atoms with van der Waals surface area (Å²) in [5.74, 6) is 0. The quantitative estimate of drug-likeness (QED) is 0.941. The molecule has 118 valence electrons. The first-order valence-corrected chi connectivity index (χ1v) is 7.70. The molecule has 1 aromatic heterocycles. The number of nitrogens with zero attached hydrogens (tertiary/aromatic N) is 2. The number of pyridine rings is 1. The summed E-state index contributed by atoms with van der Waals surface area (Å²) in [7, 11) is 0. The monoisotopic (exact) mass is 317 g/mol. The van der Waals surface area contributed by atoms with Crippen molar-refractivity contribution in [2.24, 2.45) is 0 Å². The minimum Gasteiger partial charge on any atom is -0.311 e. The largest absolute Gasteiger partial charge is 0.311 e. The average Bonchev–Trinajstić information content (AvgIpc) is 2.52. The first-order valence-electron chi connectivity index (χ1n) is 7.70. The zero-order valence-electron chi connectivity index (χ0n) is 13.2. The van der Waals surface area contributed by atoms with Crippen molar-refractivity contribution in [1.82, 2.24) is 15.2 Å². The molecule has 0 bridgehead atoms. The molecule has 0 spiro atoms. The first-order chi connectivity index (χ1) is 10.2. The zero-order chi connectivity index (χ0) is 14.7. The highest BCUT2D eigenvalue weighted by molar-refractivity contribution is 5.85. The van der Waals surface area contributed by atoms with Gasteiger partial charge in [0.25, 0.3) is 0 Å². The van der Waals surface area contributed by atoms with Gasteiger partial charge in [0, 0.05) is 43.5 Å². The lowest BCUT2D eigenvalue weighted by Crippen LogP contribution is -2.53. The van der Waals surface area contributed by atoms with Crippen LogP contribution in [0.2, 0.25) is 0 Å². The number of benzene rings is 1. The van der Waals surface area contributed by atoms with Crippen LogP contribution in [0.15, 0.2) is 48.7 Å². The lowest BCUT2D eigenvalue weighted by molar-refractivity contribution is 0.139. The summed E-state index contributed by atoms with van der Waals surface area (Å²) in [6, 6.07) is 16.0. The van der Waals surface area contributed by atoms with Crippen LogP contribution in [0.25, 0.3) is 11.3 Å². The molecule has 2 atom stereocenters. The van der Waals surface area contributed by atoms with Crippen LogP contribution in [0.3, 0.4) is 0 Å². The predicted octanol–water partition coefficient (Wildman–Crippen LogP) is 3.35. The fourth-order valence-electron chi connectivity index (χ4n) is 2.91. The number of aromatic nitrogens is 1. The van der Waals surface area contributed by atoms with E-state index in [0.29, 0.717) is 12.1 Å². The highest BCUT2D eigenvalue weighted by atomic mass is 35.5. The van der Waals surface area contributed by atoms with Crippen molar-refractivity contribution < 1.29 is 0 Å². The van der Waals surface area contributed by atoms with Gasteiger partial charge >= 0.3 is 0 Å². The van der Waals surface area contributed by atoms with Crippen molar-refractivity contribution in [3.05, 3.63) is 54.2 Å². The molecule has 1 fully saturated rings. The third-order valence-electron chi connectivity index (χ3n) is 4.17. The van der Waals surface area contributed by atoms with Crippen LogP contribution < -0.4 is 5.32 Å². The summed E-state index contributed by atoms with van der Waals surface area (Å²) < 4.78 is 0. The molecule has 1 aromatic carbocycles. The van der Waals surface area contributed by atoms with Gasteiger partial charge in [-0.3, -0.25) is 9.88 Å². The minimum atomic E-state index is 0. The Morgan fingerprint density at radius 3 is 2.82 bits per heavy atom. The van der Waals surface area contributed by atoms with Gasteiger partial charge in [0.05, 0.1) is 5.69 Å². The van der Waals surface area contributed by atoms with Crippen LogP contribution in [0.4, 0.5) is 0 Å². The lowest BCUT2D eigenvalue weighted by atomic mass is 10.1. The normalized spacial score (nSPS) is 22.1. The molecule has 0 aliphatic carbocycles. The van der Waals surface area contributed by atoms with Gasteiger partial charge in [0.1, 0.15) is 0 Å². The summed E-state index contributed by atoms with van der Waals surface area (Å²) in [5, 5.41) is 3.53. The van der Waals surface area contributed by atoms with Crippen molar-refractivity contribution in [2.45, 2.75) is 32.5 Å². The maximum absolute atomic E-state index is 4.44. The number of piperazine rings is 1. The van der Waals surface area contributed by atoms with Crippen molar-refractivity contribution in [3.8, 4) is 11.3 Å². The highest BCUT2D eigenvalue weighted by Crippen LogP contribution is 2.20. The number of hydrogen-bond donors (Lipinski definition) is 1. The van der Waals surface area contributed by atoms with Crippen molar-refractivity contribution in [2.75, 3.05) is 13.1 Å². The van der Waals surface area contributed by atoms with Gasteiger partial charge in [-0.25, -0.2) is 0 Å². The number of halogens is 1. The van der Waals surface area contributed by atoms with Crippen molar-refractivity contribution in [1.29, 1.82) is 0 Å². The Kier molecular flexibility index (Phi) is 5.95. The summed E-state index contributed by atoms with van der Waals surface area (Å²) in [6.45, 7) is 7.73. The second-order valence-electron chi connectivity index (χ2n) is 6.00. The molecule has 1 N–H and O–H groups in total. The molecular weight excluding hydrogens is 294 g/mol. The van der Waals surface area contributed by atoms with E-state index in [1.54, 1.807) is 0 Å². The summed E-state index contributed by atoms with van der Waals surface area (Å²) in [6.07, 6.45) is 1.85. The van der Waals surface area contributed by atoms with E-state index in [0.717, 1.165) is 25.3 Å². The topological polar surface area (TPSA) is 28.2 Å². The van der Waals surface area contributed by atoms with Gasteiger partial charge in [-0.05, 0) is 37.6 Å². The van der Waals surface area contributed by atoms with Gasteiger partial charge in [-0.15, -0.1) is 12.4 Å². The van der Waals surface area contributed by atoms with E-state index in [9.17, 15) is 0 Å². The Hall–Kier alpha value is -1.42. The maximum Gasteiger partial charge on any atom is 0.0702 e. The van der Waals surface area contributed by atoms with E-state index in [-0.39, 0.29) is 12.4 Å². The Labute approximate surface area is 139 Å². The number of hydrogen-bond acceptors (Lipinski definition) is 3. The van der Waals surface area contributed by atoms with E-state index in [1.165, 1.54) is 11.1 Å². The molecule has 0 amide bonds. The van der Waals surface area contributed by atoms with Crippen LogP contribution in [0, 0.1) is 0 Å². The molecular formula is C18H24ClN3. The Balaban J connectivity index is 0.00000176. The van der Waals surface area contributed by atoms with E-state index in [2.05, 4.69) is 59.4 Å². The third-order valence-corrected chi connectivity index (χ3v) is 4.17. The van der Waals surface area contributed by atoms with E-state index in [1.807, 2.05) is 18.3 Å². The molecule has 2 heterocycles. The van der Waals surface area contributed by atoms with Gasteiger partial charge < -0.3 is 5.32 Å². The fraction of sp³-hybridized carbons (Fsp3) is 0.389. The molecule has 3 rings (SSSR count). The van der Waals surface area contributed by atoms with E-state index < -0.39 is 0 Å². The lowest BCUT2D eigenvalue weighted by Gasteiger charge is -2.37. The second kappa shape index (κ2) is 7.73. The van der Waals surface area contributed by atoms with Crippen molar-refractivity contribution >= 4 is 12.4 Å². The van der Waals surface area contributed by atoms with Crippen LogP contribution in [-0.2, 0) is 6.54 Å². The number of rotatable bonds is 3. The second-order valence-corrected chi connectivity index (χ2v) is 6.00. The smallest absolute Gasteiger partial charge is 0.0702 e. The Bertz CT molecular complexity index is 588. The molecule has 0 saturated carbocycles.